The lowest BCUT2D eigenvalue weighted by Crippen LogP contribution is -2.41. The van der Waals surface area contributed by atoms with Crippen molar-refractivity contribution in [3.63, 3.8) is 0 Å². The third-order valence-electron chi connectivity index (χ3n) is 5.83. The molecule has 0 spiro atoms. The van der Waals surface area contributed by atoms with Gasteiger partial charge in [-0.1, -0.05) is 54.1 Å². The van der Waals surface area contributed by atoms with E-state index in [9.17, 15) is 23.1 Å². The Morgan fingerprint density at radius 2 is 1.59 bits per heavy atom. The number of carbonyl (C=O) groups excluding carboxylic acids is 1. The van der Waals surface area contributed by atoms with Crippen LogP contribution in [0.25, 0.3) is 0 Å². The molecule has 0 aromatic heterocycles. The van der Waals surface area contributed by atoms with Gasteiger partial charge in [0, 0.05) is 17.6 Å². The highest BCUT2D eigenvalue weighted by Crippen LogP contribution is 2.32. The molecule has 4 aromatic rings. The van der Waals surface area contributed by atoms with Crippen LogP contribution in [0.5, 0.6) is 11.5 Å². The van der Waals surface area contributed by atoms with Crippen LogP contribution < -0.4 is 14.4 Å². The Kier molecular flexibility index (Phi) is 8.53. The van der Waals surface area contributed by atoms with E-state index in [1.807, 2.05) is 6.07 Å². The first-order valence-electron chi connectivity index (χ1n) is 11.8. The number of rotatable bonds is 10. The molecule has 0 radical (unpaired) electrons. The normalized spacial score (nSPS) is 11.0. The van der Waals surface area contributed by atoms with Crippen LogP contribution in [0.1, 0.15) is 21.5 Å². The average molecular weight is 565 g/mol. The van der Waals surface area contributed by atoms with E-state index < -0.39 is 28.4 Å². The minimum absolute atomic E-state index is 0.0166. The molecule has 4 aromatic carbocycles. The summed E-state index contributed by atoms with van der Waals surface area (Å²) >= 11 is 6.30. The predicted octanol–water partition coefficient (Wildman–Crippen LogP) is 5.65. The number of carboxylic acids is 1. The molecule has 0 aliphatic heterocycles. The van der Waals surface area contributed by atoms with Gasteiger partial charge in [-0.25, -0.2) is 13.2 Å². The monoisotopic (exact) mass is 564 g/mol. The second-order valence-electron chi connectivity index (χ2n) is 8.57. The lowest BCUT2D eigenvalue weighted by Gasteiger charge is -2.26. The Hall–Kier alpha value is -4.34. The maximum Gasteiger partial charge on any atom is 0.335 e. The lowest BCUT2D eigenvalue weighted by atomic mass is 10.1. The Morgan fingerprint density at radius 3 is 2.33 bits per heavy atom. The number of halogens is 1. The number of anilines is 1. The van der Waals surface area contributed by atoms with Gasteiger partial charge in [0.25, 0.3) is 10.0 Å². The zero-order valence-electron chi connectivity index (χ0n) is 20.9. The molecule has 0 saturated heterocycles. The van der Waals surface area contributed by atoms with Crippen molar-refractivity contribution in [3.8, 4) is 11.5 Å². The van der Waals surface area contributed by atoms with Gasteiger partial charge >= 0.3 is 5.97 Å². The first-order chi connectivity index (χ1) is 18.6. The molecule has 8 nitrogen and oxygen atoms in total. The number of ether oxygens (including phenoxy) is 1. The number of para-hydroxylation sites is 1. The van der Waals surface area contributed by atoms with Crippen molar-refractivity contribution in [1.29, 1.82) is 0 Å². The molecule has 2 N–H and O–H groups in total. The van der Waals surface area contributed by atoms with Crippen LogP contribution in [0.4, 0.5) is 5.69 Å². The summed E-state index contributed by atoms with van der Waals surface area (Å²) in [4.78, 5) is 24.2. The highest BCUT2D eigenvalue weighted by molar-refractivity contribution is 7.92. The minimum Gasteiger partial charge on any atom is -0.478 e. The van der Waals surface area contributed by atoms with E-state index in [0.717, 1.165) is 4.31 Å². The van der Waals surface area contributed by atoms with Crippen molar-refractivity contribution in [2.75, 3.05) is 10.8 Å². The zero-order chi connectivity index (χ0) is 28.0. The highest BCUT2D eigenvalue weighted by Gasteiger charge is 2.29. The molecular formula is C29H25ClN2O6S. The van der Waals surface area contributed by atoms with Gasteiger partial charge < -0.3 is 15.2 Å². The summed E-state index contributed by atoms with van der Waals surface area (Å²) < 4.78 is 34.6. The van der Waals surface area contributed by atoms with Crippen molar-refractivity contribution in [2.24, 2.45) is 0 Å². The maximum absolute atomic E-state index is 13.9. The van der Waals surface area contributed by atoms with E-state index in [-0.39, 0.29) is 22.7 Å². The SMILES string of the molecule is Cc1c(Cl)cccc1N(CC(=O)NCc1cccc(C(=O)O)c1)S(=O)(=O)c1cccc(Oc2ccccc2)c1. The molecule has 10 heteroatoms. The van der Waals surface area contributed by atoms with E-state index in [4.69, 9.17) is 16.3 Å². The van der Waals surface area contributed by atoms with E-state index >= 15 is 0 Å². The predicted molar refractivity (Wildman–Crippen MR) is 149 cm³/mol. The number of carboxylic acid groups (broad SMARTS) is 1. The summed E-state index contributed by atoms with van der Waals surface area (Å²) in [6.07, 6.45) is 0. The van der Waals surface area contributed by atoms with E-state index in [0.29, 0.717) is 27.6 Å². The number of nitrogens with one attached hydrogen (secondary N) is 1. The molecule has 39 heavy (non-hydrogen) atoms. The summed E-state index contributed by atoms with van der Waals surface area (Å²) in [6, 6.07) is 25.9. The van der Waals surface area contributed by atoms with Crippen LogP contribution in [-0.2, 0) is 21.4 Å². The summed E-state index contributed by atoms with van der Waals surface area (Å²) in [5, 5.41) is 12.2. The third-order valence-corrected chi connectivity index (χ3v) is 8.00. The Balaban J connectivity index is 1.62. The Labute approximate surface area is 231 Å². The molecular weight excluding hydrogens is 540 g/mol. The number of nitrogens with zero attached hydrogens (tertiary/aromatic N) is 1. The van der Waals surface area contributed by atoms with Crippen molar-refractivity contribution in [1.82, 2.24) is 5.32 Å². The van der Waals surface area contributed by atoms with Gasteiger partial charge in [0.15, 0.2) is 0 Å². The van der Waals surface area contributed by atoms with Gasteiger partial charge in [-0.3, -0.25) is 9.10 Å². The Morgan fingerprint density at radius 1 is 0.897 bits per heavy atom. The number of carbonyl (C=O) groups is 2. The molecule has 200 valence electrons. The van der Waals surface area contributed by atoms with Crippen LogP contribution in [-0.4, -0.2) is 31.9 Å². The van der Waals surface area contributed by atoms with Gasteiger partial charge in [-0.2, -0.15) is 0 Å². The van der Waals surface area contributed by atoms with Gasteiger partial charge in [0.1, 0.15) is 18.0 Å². The summed E-state index contributed by atoms with van der Waals surface area (Å²) in [5.41, 5.74) is 1.38. The molecule has 0 aliphatic rings. The van der Waals surface area contributed by atoms with Crippen molar-refractivity contribution < 1.29 is 27.9 Å². The second kappa shape index (κ2) is 12.0. The molecule has 4 rings (SSSR count). The molecule has 0 heterocycles. The van der Waals surface area contributed by atoms with E-state index in [1.54, 1.807) is 73.7 Å². The van der Waals surface area contributed by atoms with Crippen LogP contribution in [0.3, 0.4) is 0 Å². The third kappa shape index (κ3) is 6.76. The number of hydrogen-bond donors (Lipinski definition) is 2. The second-order valence-corrected chi connectivity index (χ2v) is 10.8. The van der Waals surface area contributed by atoms with Crippen molar-refractivity contribution >= 4 is 39.2 Å². The highest BCUT2D eigenvalue weighted by atomic mass is 35.5. The van der Waals surface area contributed by atoms with Gasteiger partial charge in [0.05, 0.1) is 16.1 Å². The van der Waals surface area contributed by atoms with Crippen LogP contribution in [0.15, 0.2) is 102 Å². The van der Waals surface area contributed by atoms with Crippen LogP contribution in [0, 0.1) is 6.92 Å². The number of benzene rings is 4. The fourth-order valence-electron chi connectivity index (χ4n) is 3.82. The maximum atomic E-state index is 13.9. The molecule has 0 atom stereocenters. The molecule has 0 aliphatic carbocycles. The fourth-order valence-corrected chi connectivity index (χ4v) is 5.50. The van der Waals surface area contributed by atoms with Gasteiger partial charge in [0.2, 0.25) is 5.91 Å². The lowest BCUT2D eigenvalue weighted by molar-refractivity contribution is -0.119. The summed E-state index contributed by atoms with van der Waals surface area (Å²) in [5.74, 6) is -0.820. The number of hydrogen-bond acceptors (Lipinski definition) is 5. The van der Waals surface area contributed by atoms with Gasteiger partial charge in [-0.15, -0.1) is 0 Å². The van der Waals surface area contributed by atoms with Crippen LogP contribution >= 0.6 is 11.6 Å². The molecule has 1 amide bonds. The molecule has 0 fully saturated rings. The van der Waals surface area contributed by atoms with E-state index in [2.05, 4.69) is 5.32 Å². The molecule has 0 unspecified atom stereocenters. The molecule has 0 saturated carbocycles. The van der Waals surface area contributed by atoms with Crippen molar-refractivity contribution in [2.45, 2.75) is 18.4 Å². The summed E-state index contributed by atoms with van der Waals surface area (Å²) in [6.45, 7) is 1.15. The number of aromatic carboxylic acids is 1. The van der Waals surface area contributed by atoms with Crippen LogP contribution in [0.2, 0.25) is 5.02 Å². The van der Waals surface area contributed by atoms with E-state index in [1.165, 1.54) is 24.3 Å². The fraction of sp³-hybridized carbons (Fsp3) is 0.103. The summed E-state index contributed by atoms with van der Waals surface area (Å²) in [7, 11) is -4.25. The topological polar surface area (TPSA) is 113 Å². The van der Waals surface area contributed by atoms with Gasteiger partial charge in [-0.05, 0) is 66.6 Å². The minimum atomic E-state index is -4.25. The number of amides is 1. The smallest absolute Gasteiger partial charge is 0.335 e. The standard InChI is InChI=1S/C29H25ClN2O6S/c1-20-26(30)14-7-15-27(20)32(19-28(33)31-18-21-8-5-9-22(16-21)29(34)35)39(36,37)25-13-6-12-24(17-25)38-23-10-3-2-4-11-23/h2-17H,18-19H2,1H3,(H,31,33)(H,34,35). The largest absolute Gasteiger partial charge is 0.478 e. The first-order valence-corrected chi connectivity index (χ1v) is 13.7. The first kappa shape index (κ1) is 27.7. The average Bonchev–Trinajstić information content (AvgIpc) is 2.93. The molecule has 0 bridgehead atoms. The van der Waals surface area contributed by atoms with Crippen molar-refractivity contribution in [3.05, 3.63) is 119 Å². The zero-order valence-corrected chi connectivity index (χ0v) is 22.4. The quantitative estimate of drug-likeness (QED) is 0.257. The Bertz CT molecular complexity index is 1610. The number of sulfonamides is 1.